The van der Waals surface area contributed by atoms with Gasteiger partial charge in [-0.15, -0.1) is 11.8 Å². The fourth-order valence-corrected chi connectivity index (χ4v) is 3.61. The van der Waals surface area contributed by atoms with Gasteiger partial charge in [-0.2, -0.15) is 13.2 Å². The molecule has 0 saturated heterocycles. The first-order valence-corrected chi connectivity index (χ1v) is 8.15. The van der Waals surface area contributed by atoms with Gasteiger partial charge in [0, 0.05) is 15.7 Å². The summed E-state index contributed by atoms with van der Waals surface area (Å²) in [6.07, 6.45) is -4.47. The van der Waals surface area contributed by atoms with Crippen molar-refractivity contribution in [2.45, 2.75) is 30.2 Å². The van der Waals surface area contributed by atoms with E-state index in [0.29, 0.717) is 16.4 Å². The molecule has 0 nitrogen and oxygen atoms in total. The minimum absolute atomic E-state index is 0.00785. The normalized spacial score (nSPS) is 12.0. The molecule has 0 unspecified atom stereocenters. The summed E-state index contributed by atoms with van der Waals surface area (Å²) in [5.41, 5.74) is 0.274. The van der Waals surface area contributed by atoms with E-state index >= 15 is 0 Å². The summed E-state index contributed by atoms with van der Waals surface area (Å²) in [7, 11) is 0. The Hall–Kier alpha value is -0.840. The van der Waals surface area contributed by atoms with E-state index in [4.69, 9.17) is 23.2 Å². The number of alkyl halides is 3. The van der Waals surface area contributed by atoms with E-state index in [1.165, 1.54) is 0 Å². The SMILES string of the molecule is CC(C)Sc1cccc(-c2c(Cl)cc(C(F)(F)F)cc2Cl)c1. The number of benzene rings is 2. The maximum Gasteiger partial charge on any atom is 0.416 e. The largest absolute Gasteiger partial charge is 0.416 e. The third-order valence-electron chi connectivity index (χ3n) is 2.86. The van der Waals surface area contributed by atoms with Crippen LogP contribution in [0.5, 0.6) is 0 Å². The highest BCUT2D eigenvalue weighted by atomic mass is 35.5. The first-order valence-electron chi connectivity index (χ1n) is 6.52. The molecule has 0 aliphatic carbocycles. The van der Waals surface area contributed by atoms with Crippen LogP contribution >= 0.6 is 35.0 Å². The maximum atomic E-state index is 12.8. The minimum Gasteiger partial charge on any atom is -0.166 e. The summed E-state index contributed by atoms with van der Waals surface area (Å²) in [4.78, 5) is 1.01. The lowest BCUT2D eigenvalue weighted by molar-refractivity contribution is -0.137. The van der Waals surface area contributed by atoms with E-state index in [1.807, 2.05) is 18.2 Å². The van der Waals surface area contributed by atoms with Crippen molar-refractivity contribution in [3.63, 3.8) is 0 Å². The van der Waals surface area contributed by atoms with Crippen LogP contribution in [0.3, 0.4) is 0 Å². The lowest BCUT2D eigenvalue weighted by Crippen LogP contribution is -2.05. The minimum atomic E-state index is -4.47. The van der Waals surface area contributed by atoms with Crippen molar-refractivity contribution in [3.05, 3.63) is 52.0 Å². The molecular weight excluding hydrogens is 352 g/mol. The van der Waals surface area contributed by atoms with E-state index in [0.717, 1.165) is 17.0 Å². The monoisotopic (exact) mass is 364 g/mol. The molecule has 0 amide bonds. The molecule has 0 spiro atoms. The molecule has 0 aliphatic heterocycles. The van der Waals surface area contributed by atoms with Crippen molar-refractivity contribution in [3.8, 4) is 11.1 Å². The topological polar surface area (TPSA) is 0 Å². The number of halogens is 5. The van der Waals surface area contributed by atoms with E-state index in [-0.39, 0.29) is 10.0 Å². The maximum absolute atomic E-state index is 12.8. The van der Waals surface area contributed by atoms with Gasteiger partial charge in [0.15, 0.2) is 0 Å². The Morgan fingerprint density at radius 2 is 1.59 bits per heavy atom. The standard InChI is InChI=1S/C16H13Cl2F3S/c1-9(2)22-12-5-3-4-10(6-12)15-13(17)7-11(8-14(15)18)16(19,20)21/h3-9H,1-2H3. The van der Waals surface area contributed by atoms with Crippen LogP contribution in [0.1, 0.15) is 19.4 Å². The van der Waals surface area contributed by atoms with Gasteiger partial charge in [-0.05, 0) is 29.8 Å². The quantitative estimate of drug-likeness (QED) is 0.519. The molecule has 0 heterocycles. The first-order chi connectivity index (χ1) is 10.2. The molecular formula is C16H13Cl2F3S. The van der Waals surface area contributed by atoms with Crippen molar-refractivity contribution in [2.75, 3.05) is 0 Å². The Bertz CT molecular complexity index is 658. The fourth-order valence-electron chi connectivity index (χ4n) is 2.01. The first kappa shape index (κ1) is 17.5. The zero-order valence-corrected chi connectivity index (χ0v) is 14.2. The van der Waals surface area contributed by atoms with Crippen molar-refractivity contribution in [1.82, 2.24) is 0 Å². The lowest BCUT2D eigenvalue weighted by Gasteiger charge is -2.13. The molecule has 0 aromatic heterocycles. The van der Waals surface area contributed by atoms with Gasteiger partial charge in [-0.25, -0.2) is 0 Å². The fraction of sp³-hybridized carbons (Fsp3) is 0.250. The summed E-state index contributed by atoms with van der Waals surface area (Å²) in [6, 6.07) is 9.26. The highest BCUT2D eigenvalue weighted by Crippen LogP contribution is 2.41. The van der Waals surface area contributed by atoms with Gasteiger partial charge in [-0.3, -0.25) is 0 Å². The third-order valence-corrected chi connectivity index (χ3v) is 4.46. The Kier molecular flexibility index (Phi) is 5.36. The summed E-state index contributed by atoms with van der Waals surface area (Å²) < 4.78 is 38.3. The zero-order chi connectivity index (χ0) is 16.5. The molecule has 0 N–H and O–H groups in total. The van der Waals surface area contributed by atoms with Crippen LogP contribution in [0.15, 0.2) is 41.3 Å². The van der Waals surface area contributed by atoms with Crippen LogP contribution in [0.25, 0.3) is 11.1 Å². The molecule has 2 rings (SSSR count). The Morgan fingerprint density at radius 1 is 1.00 bits per heavy atom. The van der Waals surface area contributed by atoms with Gasteiger partial charge in [0.2, 0.25) is 0 Å². The van der Waals surface area contributed by atoms with E-state index in [2.05, 4.69) is 13.8 Å². The van der Waals surface area contributed by atoms with Gasteiger partial charge in [0.05, 0.1) is 15.6 Å². The van der Waals surface area contributed by atoms with Crippen molar-refractivity contribution < 1.29 is 13.2 Å². The molecule has 0 radical (unpaired) electrons. The summed E-state index contributed by atoms with van der Waals surface area (Å²) in [5, 5.41) is 0.381. The van der Waals surface area contributed by atoms with Crippen LogP contribution in [0.4, 0.5) is 13.2 Å². The van der Waals surface area contributed by atoms with Gasteiger partial charge >= 0.3 is 6.18 Å². The van der Waals surface area contributed by atoms with E-state index < -0.39 is 11.7 Å². The molecule has 2 aromatic carbocycles. The van der Waals surface area contributed by atoms with Crippen molar-refractivity contribution in [2.24, 2.45) is 0 Å². The molecule has 0 saturated carbocycles. The van der Waals surface area contributed by atoms with Crippen LogP contribution in [-0.2, 0) is 6.18 Å². The Labute approximate surface area is 141 Å². The van der Waals surface area contributed by atoms with Crippen molar-refractivity contribution >= 4 is 35.0 Å². The van der Waals surface area contributed by atoms with Crippen LogP contribution in [0.2, 0.25) is 10.0 Å². The highest BCUT2D eigenvalue weighted by molar-refractivity contribution is 7.99. The molecule has 118 valence electrons. The number of hydrogen-bond donors (Lipinski definition) is 0. The number of hydrogen-bond acceptors (Lipinski definition) is 1. The third kappa shape index (κ3) is 4.12. The lowest BCUT2D eigenvalue weighted by atomic mass is 10.0. The molecule has 0 aliphatic rings. The second kappa shape index (κ2) is 6.73. The van der Waals surface area contributed by atoms with Crippen LogP contribution < -0.4 is 0 Å². The summed E-state index contributed by atoms with van der Waals surface area (Å²) >= 11 is 13.7. The molecule has 0 bridgehead atoms. The van der Waals surface area contributed by atoms with E-state index in [9.17, 15) is 13.2 Å². The van der Waals surface area contributed by atoms with Gasteiger partial charge < -0.3 is 0 Å². The predicted molar refractivity (Wildman–Crippen MR) is 87.9 cm³/mol. The predicted octanol–water partition coefficient (Wildman–Crippen LogP) is 7.18. The number of rotatable bonds is 3. The summed E-state index contributed by atoms with van der Waals surface area (Å²) in [5.74, 6) is 0. The zero-order valence-electron chi connectivity index (χ0n) is 11.8. The van der Waals surface area contributed by atoms with Crippen LogP contribution in [0, 0.1) is 0 Å². The second-order valence-corrected chi connectivity index (χ2v) is 7.47. The van der Waals surface area contributed by atoms with Crippen LogP contribution in [-0.4, -0.2) is 5.25 Å². The molecule has 0 fully saturated rings. The Morgan fingerprint density at radius 3 is 2.09 bits per heavy atom. The van der Waals surface area contributed by atoms with Gasteiger partial charge in [-0.1, -0.05) is 49.2 Å². The number of thioether (sulfide) groups is 1. The second-order valence-electron chi connectivity index (χ2n) is 5.01. The average molecular weight is 365 g/mol. The molecule has 22 heavy (non-hydrogen) atoms. The average Bonchev–Trinajstić information content (AvgIpc) is 2.36. The van der Waals surface area contributed by atoms with E-state index in [1.54, 1.807) is 17.8 Å². The van der Waals surface area contributed by atoms with Gasteiger partial charge in [0.1, 0.15) is 0 Å². The molecule has 0 atom stereocenters. The van der Waals surface area contributed by atoms with Crippen molar-refractivity contribution in [1.29, 1.82) is 0 Å². The van der Waals surface area contributed by atoms with Gasteiger partial charge in [0.25, 0.3) is 0 Å². The highest BCUT2D eigenvalue weighted by Gasteiger charge is 2.32. The molecule has 2 aromatic rings. The smallest absolute Gasteiger partial charge is 0.166 e. The summed E-state index contributed by atoms with van der Waals surface area (Å²) in [6.45, 7) is 4.13. The Balaban J connectivity index is 2.49. The molecule has 6 heteroatoms.